The summed E-state index contributed by atoms with van der Waals surface area (Å²) < 4.78 is 5.63. The number of thiol groups is 1. The summed E-state index contributed by atoms with van der Waals surface area (Å²) in [6.07, 6.45) is 2.48. The summed E-state index contributed by atoms with van der Waals surface area (Å²) in [5.41, 5.74) is 0.748. The number of ether oxygens (including phenoxy) is 1. The summed E-state index contributed by atoms with van der Waals surface area (Å²) in [4.78, 5) is 11.9. The molecule has 0 radical (unpaired) electrons. The van der Waals surface area contributed by atoms with E-state index >= 15 is 0 Å². The van der Waals surface area contributed by atoms with E-state index in [0.29, 0.717) is 18.8 Å². The lowest BCUT2D eigenvalue weighted by molar-refractivity contribution is 0.0553. The second kappa shape index (κ2) is 8.31. The minimum atomic E-state index is -0.0717. The van der Waals surface area contributed by atoms with Gasteiger partial charge in [-0.05, 0) is 6.42 Å². The first-order valence-electron chi connectivity index (χ1n) is 6.08. The Morgan fingerprint density at radius 2 is 2.06 bits per heavy atom. The van der Waals surface area contributed by atoms with Gasteiger partial charge in [-0.3, -0.25) is 4.79 Å². The molecule has 0 aliphatic rings. The van der Waals surface area contributed by atoms with Crippen LogP contribution in [0.3, 0.4) is 0 Å². The van der Waals surface area contributed by atoms with E-state index in [1.54, 1.807) is 0 Å². The van der Waals surface area contributed by atoms with Crippen LogP contribution in [-0.4, -0.2) is 24.2 Å². The average Bonchev–Trinajstić information content (AvgIpc) is 2.38. The molecule has 1 aromatic rings. The molecule has 0 aromatic heterocycles. The van der Waals surface area contributed by atoms with Crippen LogP contribution in [0.2, 0.25) is 0 Å². The van der Waals surface area contributed by atoms with Crippen molar-refractivity contribution in [3.63, 3.8) is 0 Å². The van der Waals surface area contributed by atoms with E-state index in [1.165, 1.54) is 0 Å². The third-order valence-corrected chi connectivity index (χ3v) is 2.97. The number of rotatable bonds is 8. The molecular weight excluding hydrogens is 232 g/mol. The molecule has 0 bridgehead atoms. The molecule has 0 N–H and O–H groups in total. The molecule has 0 heterocycles. The number of hydrogen-bond acceptors (Lipinski definition) is 3. The van der Waals surface area contributed by atoms with Gasteiger partial charge >= 0.3 is 0 Å². The maximum absolute atomic E-state index is 11.9. The van der Waals surface area contributed by atoms with Crippen LogP contribution in [0.25, 0.3) is 0 Å². The topological polar surface area (TPSA) is 26.3 Å². The highest BCUT2D eigenvalue weighted by Gasteiger charge is 2.14. The van der Waals surface area contributed by atoms with E-state index in [0.717, 1.165) is 18.4 Å². The van der Waals surface area contributed by atoms with Crippen molar-refractivity contribution in [1.29, 1.82) is 0 Å². The maximum Gasteiger partial charge on any atom is 0.165 e. The zero-order chi connectivity index (χ0) is 12.5. The molecule has 0 aliphatic carbocycles. The molecule has 0 amide bonds. The van der Waals surface area contributed by atoms with Gasteiger partial charge in [0.2, 0.25) is 0 Å². The molecule has 0 saturated carbocycles. The van der Waals surface area contributed by atoms with Crippen molar-refractivity contribution in [1.82, 2.24) is 0 Å². The maximum atomic E-state index is 11.9. The highest BCUT2D eigenvalue weighted by molar-refractivity contribution is 7.80. The van der Waals surface area contributed by atoms with Crippen molar-refractivity contribution < 1.29 is 9.53 Å². The Morgan fingerprint density at radius 3 is 2.65 bits per heavy atom. The van der Waals surface area contributed by atoms with Crippen molar-refractivity contribution in [2.75, 3.05) is 12.4 Å². The van der Waals surface area contributed by atoms with Crippen LogP contribution in [0.1, 0.15) is 36.5 Å². The second-order valence-electron chi connectivity index (χ2n) is 4.02. The molecule has 3 heteroatoms. The third kappa shape index (κ3) is 5.37. The number of carbonyl (C=O) groups excluding carboxylic acids is 1. The summed E-state index contributed by atoms with van der Waals surface area (Å²) >= 11 is 4.23. The van der Waals surface area contributed by atoms with Crippen molar-refractivity contribution in [3.8, 4) is 0 Å². The predicted octanol–water partition coefficient (Wildman–Crippen LogP) is 3.37. The molecule has 2 nitrogen and oxygen atoms in total. The van der Waals surface area contributed by atoms with Crippen molar-refractivity contribution >= 4 is 18.4 Å². The number of hydrogen-bond donors (Lipinski definition) is 1. The van der Waals surface area contributed by atoms with Gasteiger partial charge in [0.15, 0.2) is 5.78 Å². The monoisotopic (exact) mass is 252 g/mol. The highest BCUT2D eigenvalue weighted by Crippen LogP contribution is 2.09. The first-order valence-corrected chi connectivity index (χ1v) is 6.72. The zero-order valence-electron chi connectivity index (χ0n) is 10.3. The molecule has 1 rings (SSSR count). The van der Waals surface area contributed by atoms with Crippen LogP contribution >= 0.6 is 12.6 Å². The van der Waals surface area contributed by atoms with Crippen LogP contribution < -0.4 is 0 Å². The van der Waals surface area contributed by atoms with Crippen LogP contribution in [0, 0.1) is 0 Å². The largest absolute Gasteiger partial charge is 0.377 e. The normalized spacial score (nSPS) is 12.4. The van der Waals surface area contributed by atoms with Crippen molar-refractivity contribution in [3.05, 3.63) is 35.9 Å². The van der Waals surface area contributed by atoms with E-state index in [-0.39, 0.29) is 11.9 Å². The van der Waals surface area contributed by atoms with Crippen molar-refractivity contribution in [2.45, 2.75) is 32.3 Å². The summed E-state index contributed by atoms with van der Waals surface area (Å²) in [6, 6.07) is 9.33. The van der Waals surface area contributed by atoms with Crippen LogP contribution in [-0.2, 0) is 4.74 Å². The highest BCUT2D eigenvalue weighted by atomic mass is 32.1. The molecule has 0 saturated heterocycles. The van der Waals surface area contributed by atoms with Gasteiger partial charge in [0.25, 0.3) is 0 Å². The van der Waals surface area contributed by atoms with Gasteiger partial charge in [-0.15, -0.1) is 0 Å². The summed E-state index contributed by atoms with van der Waals surface area (Å²) in [7, 11) is 0. The second-order valence-corrected chi connectivity index (χ2v) is 4.39. The number of benzene rings is 1. The molecule has 94 valence electrons. The first kappa shape index (κ1) is 14.3. The summed E-state index contributed by atoms with van der Waals surface area (Å²) in [6.45, 7) is 2.83. The molecule has 1 atom stereocenters. The standard InChI is InChI=1S/C14H20O2S/c1-2-3-9-16-13(11-17)10-14(15)12-7-5-4-6-8-12/h4-8,13,17H,2-3,9-11H2,1H3. The molecular formula is C14H20O2S. The lowest BCUT2D eigenvalue weighted by Crippen LogP contribution is -2.20. The fraction of sp³-hybridized carbons (Fsp3) is 0.500. The van der Waals surface area contributed by atoms with Gasteiger partial charge in [-0.1, -0.05) is 43.7 Å². The van der Waals surface area contributed by atoms with E-state index in [9.17, 15) is 4.79 Å². The molecule has 0 spiro atoms. The Bertz CT molecular complexity index is 324. The Kier molecular flexibility index (Phi) is 6.97. The van der Waals surface area contributed by atoms with Gasteiger partial charge in [0, 0.05) is 24.3 Å². The Morgan fingerprint density at radius 1 is 1.35 bits per heavy atom. The number of Topliss-reactive ketones (excluding diaryl/α,β-unsaturated/α-hetero) is 1. The number of ketones is 1. The van der Waals surface area contributed by atoms with Gasteiger partial charge in [-0.25, -0.2) is 0 Å². The summed E-state index contributed by atoms with van der Waals surface area (Å²) in [5, 5.41) is 0. The van der Waals surface area contributed by atoms with Crippen molar-refractivity contribution in [2.24, 2.45) is 0 Å². The summed E-state index contributed by atoms with van der Waals surface area (Å²) in [5.74, 6) is 0.712. The molecule has 1 aromatic carbocycles. The first-order chi connectivity index (χ1) is 8.27. The van der Waals surface area contributed by atoms with E-state index in [1.807, 2.05) is 30.3 Å². The SMILES string of the molecule is CCCCOC(CS)CC(=O)c1ccccc1. The zero-order valence-corrected chi connectivity index (χ0v) is 11.2. The molecule has 0 aliphatic heterocycles. The average molecular weight is 252 g/mol. The van der Waals surface area contributed by atoms with E-state index in [2.05, 4.69) is 19.6 Å². The van der Waals surface area contributed by atoms with Gasteiger partial charge in [0.1, 0.15) is 0 Å². The predicted molar refractivity (Wildman–Crippen MR) is 73.9 cm³/mol. The van der Waals surface area contributed by atoms with Crippen LogP contribution in [0.15, 0.2) is 30.3 Å². The van der Waals surface area contributed by atoms with Crippen LogP contribution in [0.4, 0.5) is 0 Å². The Balaban J connectivity index is 2.42. The van der Waals surface area contributed by atoms with Crippen LogP contribution in [0.5, 0.6) is 0 Å². The Labute approximate surface area is 109 Å². The molecule has 1 unspecified atom stereocenters. The molecule has 0 fully saturated rings. The van der Waals surface area contributed by atoms with Gasteiger partial charge in [0.05, 0.1) is 6.10 Å². The minimum Gasteiger partial charge on any atom is -0.377 e. The van der Waals surface area contributed by atoms with Gasteiger partial charge < -0.3 is 4.74 Å². The smallest absolute Gasteiger partial charge is 0.165 e. The lowest BCUT2D eigenvalue weighted by atomic mass is 10.1. The fourth-order valence-electron chi connectivity index (χ4n) is 1.52. The third-order valence-electron chi connectivity index (χ3n) is 2.56. The van der Waals surface area contributed by atoms with Gasteiger partial charge in [-0.2, -0.15) is 12.6 Å². The van der Waals surface area contributed by atoms with E-state index in [4.69, 9.17) is 4.74 Å². The number of carbonyl (C=O) groups is 1. The quantitative estimate of drug-likeness (QED) is 0.436. The Hall–Kier alpha value is -0.800. The molecule has 17 heavy (non-hydrogen) atoms. The lowest BCUT2D eigenvalue weighted by Gasteiger charge is -2.14. The number of unbranched alkanes of at least 4 members (excludes halogenated alkanes) is 1. The van der Waals surface area contributed by atoms with E-state index < -0.39 is 0 Å². The fourth-order valence-corrected chi connectivity index (χ4v) is 1.75. The minimum absolute atomic E-state index is 0.0717.